The summed E-state index contributed by atoms with van der Waals surface area (Å²) in [6, 6.07) is 5.29. The Balaban J connectivity index is 0.00000242. The van der Waals surface area contributed by atoms with Crippen molar-refractivity contribution in [3.8, 4) is 11.5 Å². The van der Waals surface area contributed by atoms with Crippen molar-refractivity contribution in [1.29, 1.82) is 0 Å². The lowest BCUT2D eigenvalue weighted by atomic mass is 10.1. The fourth-order valence-electron chi connectivity index (χ4n) is 2.73. The quantitative estimate of drug-likeness (QED) is 0.830. The molecule has 1 heterocycles. The Kier molecular flexibility index (Phi) is 7.97. The van der Waals surface area contributed by atoms with Crippen LogP contribution in [0.4, 0.5) is 0 Å². The molecule has 126 valence electrons. The summed E-state index contributed by atoms with van der Waals surface area (Å²) < 4.78 is 12.1. The molecule has 0 bridgehead atoms. The van der Waals surface area contributed by atoms with Gasteiger partial charge in [0.05, 0.1) is 18.2 Å². The number of ether oxygens (including phenoxy) is 2. The highest BCUT2D eigenvalue weighted by Gasteiger charge is 2.23. The van der Waals surface area contributed by atoms with Gasteiger partial charge >= 0.3 is 0 Å². The molecule has 22 heavy (non-hydrogen) atoms. The zero-order chi connectivity index (χ0) is 15.4. The lowest BCUT2D eigenvalue weighted by molar-refractivity contribution is 0.138. The molecule has 4 nitrogen and oxygen atoms in total. The molecule has 1 aliphatic rings. The smallest absolute Gasteiger partial charge is 0.174 e. The van der Waals surface area contributed by atoms with Gasteiger partial charge in [-0.15, -0.1) is 12.4 Å². The summed E-state index contributed by atoms with van der Waals surface area (Å²) in [4.78, 5) is 2.51. The van der Waals surface area contributed by atoms with Gasteiger partial charge < -0.3 is 14.8 Å². The second-order valence-corrected chi connectivity index (χ2v) is 6.48. The van der Waals surface area contributed by atoms with Gasteiger partial charge in [-0.25, -0.2) is 0 Å². The van der Waals surface area contributed by atoms with Crippen LogP contribution < -0.4 is 14.8 Å². The average molecular weight is 394 g/mol. The van der Waals surface area contributed by atoms with E-state index in [9.17, 15) is 0 Å². The molecule has 1 saturated heterocycles. The van der Waals surface area contributed by atoms with E-state index < -0.39 is 0 Å². The Hall–Kier alpha value is -0.490. The molecule has 1 N–H and O–H groups in total. The first-order valence-corrected chi connectivity index (χ1v) is 8.31. The number of nitrogens with zero attached hydrogens (tertiary/aromatic N) is 1. The van der Waals surface area contributed by atoms with Gasteiger partial charge in [-0.05, 0) is 54.4 Å². The van der Waals surface area contributed by atoms with Crippen molar-refractivity contribution < 1.29 is 9.47 Å². The minimum absolute atomic E-state index is 0. The Morgan fingerprint density at radius 2 is 2.09 bits per heavy atom. The molecule has 2 unspecified atom stereocenters. The highest BCUT2D eigenvalue weighted by atomic mass is 79.9. The first-order chi connectivity index (χ1) is 10.0. The number of rotatable bonds is 5. The number of hydrogen-bond donors (Lipinski definition) is 1. The van der Waals surface area contributed by atoms with E-state index in [1.807, 2.05) is 6.92 Å². The van der Waals surface area contributed by atoms with E-state index >= 15 is 0 Å². The molecular formula is C16H26BrClN2O2. The predicted molar refractivity (Wildman–Crippen MR) is 96.4 cm³/mol. The third kappa shape index (κ3) is 4.75. The van der Waals surface area contributed by atoms with Crippen LogP contribution in [0.5, 0.6) is 11.5 Å². The van der Waals surface area contributed by atoms with E-state index in [1.165, 1.54) is 5.56 Å². The molecule has 2 rings (SSSR count). The Bertz CT molecular complexity index is 487. The van der Waals surface area contributed by atoms with Gasteiger partial charge in [0.15, 0.2) is 11.5 Å². The fraction of sp³-hybridized carbons (Fsp3) is 0.625. The molecule has 6 heteroatoms. The normalized spacial score (nSPS) is 22.0. The number of nitrogens with one attached hydrogen (secondary N) is 1. The van der Waals surface area contributed by atoms with Crippen molar-refractivity contribution >= 4 is 28.3 Å². The minimum atomic E-state index is 0. The van der Waals surface area contributed by atoms with E-state index in [-0.39, 0.29) is 12.4 Å². The van der Waals surface area contributed by atoms with Gasteiger partial charge in [-0.1, -0.05) is 0 Å². The molecule has 2 atom stereocenters. The van der Waals surface area contributed by atoms with Gasteiger partial charge in [-0.2, -0.15) is 0 Å². The third-order valence-electron chi connectivity index (χ3n) is 3.85. The van der Waals surface area contributed by atoms with E-state index in [4.69, 9.17) is 9.47 Å². The van der Waals surface area contributed by atoms with Crippen molar-refractivity contribution in [2.45, 2.75) is 39.4 Å². The summed E-state index contributed by atoms with van der Waals surface area (Å²) in [5.74, 6) is 1.57. The maximum Gasteiger partial charge on any atom is 0.174 e. The maximum atomic E-state index is 5.70. The lowest BCUT2D eigenvalue weighted by Gasteiger charge is -2.37. The van der Waals surface area contributed by atoms with Crippen molar-refractivity contribution in [2.24, 2.45) is 0 Å². The van der Waals surface area contributed by atoms with Crippen molar-refractivity contribution in [3.63, 3.8) is 0 Å². The second-order valence-electron chi connectivity index (χ2n) is 5.63. The van der Waals surface area contributed by atoms with Gasteiger partial charge in [-0.3, -0.25) is 4.90 Å². The van der Waals surface area contributed by atoms with Gasteiger partial charge in [0.1, 0.15) is 0 Å². The van der Waals surface area contributed by atoms with Crippen LogP contribution in [-0.2, 0) is 6.54 Å². The zero-order valence-electron chi connectivity index (χ0n) is 13.7. The lowest BCUT2D eigenvalue weighted by Crippen LogP contribution is -2.53. The van der Waals surface area contributed by atoms with Gasteiger partial charge in [0, 0.05) is 31.7 Å². The Morgan fingerprint density at radius 1 is 1.36 bits per heavy atom. The molecule has 0 amide bonds. The highest BCUT2D eigenvalue weighted by Crippen LogP contribution is 2.37. The average Bonchev–Trinajstić information content (AvgIpc) is 2.43. The SMILES string of the molecule is CCOc1cc(CN2CC(C)NCC2C)cc(Br)c1OC.Cl. The first kappa shape index (κ1) is 19.6. The zero-order valence-corrected chi connectivity index (χ0v) is 16.1. The minimum Gasteiger partial charge on any atom is -0.492 e. The fourth-order valence-corrected chi connectivity index (χ4v) is 3.38. The molecule has 0 aromatic heterocycles. The number of piperazine rings is 1. The summed E-state index contributed by atoms with van der Waals surface area (Å²) >= 11 is 3.58. The van der Waals surface area contributed by atoms with Crippen LogP contribution in [0.25, 0.3) is 0 Å². The molecule has 1 fully saturated rings. The van der Waals surface area contributed by atoms with Crippen LogP contribution in [0, 0.1) is 0 Å². The maximum absolute atomic E-state index is 5.70. The van der Waals surface area contributed by atoms with E-state index in [0.29, 0.717) is 18.7 Å². The molecule has 0 radical (unpaired) electrons. The van der Waals surface area contributed by atoms with E-state index in [2.05, 4.69) is 52.1 Å². The number of methoxy groups -OCH3 is 1. The largest absolute Gasteiger partial charge is 0.492 e. The molecule has 0 saturated carbocycles. The number of hydrogen-bond acceptors (Lipinski definition) is 4. The summed E-state index contributed by atoms with van der Waals surface area (Å²) in [6.07, 6.45) is 0. The molecular weight excluding hydrogens is 368 g/mol. The van der Waals surface area contributed by atoms with Crippen LogP contribution >= 0.6 is 28.3 Å². The van der Waals surface area contributed by atoms with Gasteiger partial charge in [0.25, 0.3) is 0 Å². The van der Waals surface area contributed by atoms with Gasteiger partial charge in [0.2, 0.25) is 0 Å². The second kappa shape index (κ2) is 8.96. The topological polar surface area (TPSA) is 33.7 Å². The number of halogens is 2. The molecule has 0 aliphatic carbocycles. The first-order valence-electron chi connectivity index (χ1n) is 7.51. The van der Waals surface area contributed by atoms with Crippen LogP contribution in [0.2, 0.25) is 0 Å². The van der Waals surface area contributed by atoms with E-state index in [1.54, 1.807) is 7.11 Å². The molecule has 1 aromatic carbocycles. The number of benzene rings is 1. The van der Waals surface area contributed by atoms with Crippen LogP contribution in [-0.4, -0.2) is 43.8 Å². The van der Waals surface area contributed by atoms with Crippen molar-refractivity contribution in [1.82, 2.24) is 10.2 Å². The van der Waals surface area contributed by atoms with E-state index in [0.717, 1.165) is 35.6 Å². The standard InChI is InChI=1S/C16H25BrN2O2.ClH/c1-5-21-15-7-13(6-14(17)16(15)20-4)10-19-9-11(2)18-8-12(19)3;/h6-7,11-12,18H,5,8-10H2,1-4H3;1H. The highest BCUT2D eigenvalue weighted by molar-refractivity contribution is 9.10. The Morgan fingerprint density at radius 3 is 2.73 bits per heavy atom. The van der Waals surface area contributed by atoms with Crippen LogP contribution in [0.1, 0.15) is 26.3 Å². The summed E-state index contributed by atoms with van der Waals surface area (Å²) in [7, 11) is 1.67. The molecule has 1 aromatic rings. The van der Waals surface area contributed by atoms with Crippen LogP contribution in [0.3, 0.4) is 0 Å². The third-order valence-corrected chi connectivity index (χ3v) is 4.44. The van der Waals surface area contributed by atoms with Crippen LogP contribution in [0.15, 0.2) is 16.6 Å². The monoisotopic (exact) mass is 392 g/mol. The Labute approximate surface area is 148 Å². The summed E-state index contributed by atoms with van der Waals surface area (Å²) in [5.41, 5.74) is 1.24. The van der Waals surface area contributed by atoms with Crippen molar-refractivity contribution in [3.05, 3.63) is 22.2 Å². The van der Waals surface area contributed by atoms with Crippen molar-refractivity contribution in [2.75, 3.05) is 26.8 Å². The summed E-state index contributed by atoms with van der Waals surface area (Å²) in [5, 5.41) is 3.51. The predicted octanol–water partition coefficient (Wildman–Crippen LogP) is 3.46. The molecule has 0 spiro atoms. The summed E-state index contributed by atoms with van der Waals surface area (Å²) in [6.45, 7) is 10.1. The molecule has 1 aliphatic heterocycles.